The van der Waals surface area contributed by atoms with E-state index < -0.39 is 0 Å². The molecule has 0 saturated carbocycles. The minimum Gasteiger partial charge on any atom is -0.497 e. The molecule has 2 aromatic carbocycles. The van der Waals surface area contributed by atoms with Gasteiger partial charge in [0, 0.05) is 10.6 Å². The highest BCUT2D eigenvalue weighted by Gasteiger charge is 2.07. The molecular formula is C16H15ClO3. The Labute approximate surface area is 123 Å². The van der Waals surface area contributed by atoms with Crippen LogP contribution in [0.15, 0.2) is 36.4 Å². The van der Waals surface area contributed by atoms with Crippen molar-refractivity contribution in [3.63, 3.8) is 0 Å². The molecular weight excluding hydrogens is 276 g/mol. The molecule has 0 heterocycles. The third kappa shape index (κ3) is 3.31. The van der Waals surface area contributed by atoms with Crippen LogP contribution in [0.1, 0.15) is 21.5 Å². The van der Waals surface area contributed by atoms with Crippen LogP contribution in [0.2, 0.25) is 5.02 Å². The molecule has 0 aromatic heterocycles. The summed E-state index contributed by atoms with van der Waals surface area (Å²) in [6, 6.07) is 10.9. The van der Waals surface area contributed by atoms with Gasteiger partial charge < -0.3 is 9.47 Å². The predicted molar refractivity (Wildman–Crippen MR) is 78.9 cm³/mol. The van der Waals surface area contributed by atoms with Gasteiger partial charge in [-0.15, -0.1) is 0 Å². The molecule has 0 amide bonds. The van der Waals surface area contributed by atoms with Gasteiger partial charge in [-0.1, -0.05) is 23.7 Å². The zero-order valence-electron chi connectivity index (χ0n) is 11.4. The van der Waals surface area contributed by atoms with E-state index in [1.54, 1.807) is 25.3 Å². The summed E-state index contributed by atoms with van der Waals surface area (Å²) < 4.78 is 10.7. The molecule has 0 saturated heterocycles. The topological polar surface area (TPSA) is 35.5 Å². The number of benzene rings is 2. The van der Waals surface area contributed by atoms with Crippen molar-refractivity contribution in [1.29, 1.82) is 0 Å². The standard InChI is InChI=1S/C16H15ClO3/c1-11-3-4-12(15(17)7-11)10-20-16-6-5-14(19-2)8-13(16)9-18/h3-9H,10H2,1-2H3. The summed E-state index contributed by atoms with van der Waals surface area (Å²) in [5.74, 6) is 1.13. The number of carbonyl (C=O) groups excluding carboxylic acids is 1. The van der Waals surface area contributed by atoms with Crippen LogP contribution in [0.25, 0.3) is 0 Å². The third-order valence-electron chi connectivity index (χ3n) is 2.94. The highest BCUT2D eigenvalue weighted by Crippen LogP contribution is 2.25. The molecule has 104 valence electrons. The van der Waals surface area contributed by atoms with E-state index in [-0.39, 0.29) is 0 Å². The van der Waals surface area contributed by atoms with Gasteiger partial charge in [-0.3, -0.25) is 4.79 Å². The van der Waals surface area contributed by atoms with Crippen LogP contribution in [-0.2, 0) is 6.61 Å². The second-order valence-corrected chi connectivity index (χ2v) is 4.81. The van der Waals surface area contributed by atoms with Gasteiger partial charge in [0.15, 0.2) is 6.29 Å². The summed E-state index contributed by atoms with van der Waals surface area (Å²) in [5, 5.41) is 0.658. The predicted octanol–water partition coefficient (Wildman–Crippen LogP) is 4.05. The lowest BCUT2D eigenvalue weighted by Gasteiger charge is -2.11. The monoisotopic (exact) mass is 290 g/mol. The number of carbonyl (C=O) groups is 1. The van der Waals surface area contributed by atoms with Gasteiger partial charge in [0.05, 0.1) is 12.7 Å². The van der Waals surface area contributed by atoms with Gasteiger partial charge >= 0.3 is 0 Å². The Bertz CT molecular complexity index is 623. The minimum atomic E-state index is 0.312. The molecule has 4 heteroatoms. The van der Waals surface area contributed by atoms with Gasteiger partial charge in [0.1, 0.15) is 18.1 Å². The van der Waals surface area contributed by atoms with Gasteiger partial charge in [0.2, 0.25) is 0 Å². The molecule has 0 spiro atoms. The largest absolute Gasteiger partial charge is 0.497 e. The lowest BCUT2D eigenvalue weighted by Crippen LogP contribution is -1.99. The molecule has 2 rings (SSSR count). The first-order valence-electron chi connectivity index (χ1n) is 6.15. The van der Waals surface area contributed by atoms with Crippen LogP contribution in [0.4, 0.5) is 0 Å². The number of methoxy groups -OCH3 is 1. The molecule has 0 unspecified atom stereocenters. The zero-order valence-corrected chi connectivity index (χ0v) is 12.1. The Balaban J connectivity index is 2.16. The molecule has 0 aliphatic carbocycles. The Morgan fingerprint density at radius 3 is 2.65 bits per heavy atom. The number of hydrogen-bond acceptors (Lipinski definition) is 3. The molecule has 0 fully saturated rings. The lowest BCUT2D eigenvalue weighted by molar-refractivity contribution is 0.111. The van der Waals surface area contributed by atoms with Crippen molar-refractivity contribution < 1.29 is 14.3 Å². The van der Waals surface area contributed by atoms with E-state index in [0.29, 0.717) is 28.7 Å². The van der Waals surface area contributed by atoms with E-state index in [1.807, 2.05) is 25.1 Å². The van der Waals surface area contributed by atoms with Crippen LogP contribution in [0.5, 0.6) is 11.5 Å². The van der Waals surface area contributed by atoms with Crippen molar-refractivity contribution in [3.8, 4) is 11.5 Å². The molecule has 0 aliphatic heterocycles. The molecule has 3 nitrogen and oxygen atoms in total. The fraction of sp³-hybridized carbons (Fsp3) is 0.188. The quantitative estimate of drug-likeness (QED) is 0.779. The van der Waals surface area contributed by atoms with Crippen LogP contribution < -0.4 is 9.47 Å². The highest BCUT2D eigenvalue weighted by molar-refractivity contribution is 6.31. The summed E-state index contributed by atoms with van der Waals surface area (Å²) in [7, 11) is 1.55. The van der Waals surface area contributed by atoms with Crippen molar-refractivity contribution >= 4 is 17.9 Å². The van der Waals surface area contributed by atoms with Gasteiger partial charge in [-0.05, 0) is 36.8 Å². The fourth-order valence-corrected chi connectivity index (χ4v) is 2.09. The summed E-state index contributed by atoms with van der Waals surface area (Å²) in [6.07, 6.45) is 0.745. The van der Waals surface area contributed by atoms with Gasteiger partial charge in [-0.25, -0.2) is 0 Å². The summed E-state index contributed by atoms with van der Waals surface area (Å²) >= 11 is 6.15. The molecule has 2 aromatic rings. The lowest BCUT2D eigenvalue weighted by atomic mass is 10.1. The summed E-state index contributed by atoms with van der Waals surface area (Å²) in [5.41, 5.74) is 2.43. The molecule has 0 radical (unpaired) electrons. The van der Waals surface area contributed by atoms with E-state index in [1.165, 1.54) is 0 Å². The maximum absolute atomic E-state index is 11.1. The average Bonchev–Trinajstić information content (AvgIpc) is 2.46. The zero-order chi connectivity index (χ0) is 14.5. The second-order valence-electron chi connectivity index (χ2n) is 4.41. The molecule has 20 heavy (non-hydrogen) atoms. The second kappa shape index (κ2) is 6.44. The fourth-order valence-electron chi connectivity index (χ4n) is 1.80. The van der Waals surface area contributed by atoms with Crippen LogP contribution in [0.3, 0.4) is 0 Å². The van der Waals surface area contributed by atoms with Crippen LogP contribution in [-0.4, -0.2) is 13.4 Å². The first-order chi connectivity index (χ1) is 9.63. The number of aldehydes is 1. The number of ether oxygens (including phenoxy) is 2. The summed E-state index contributed by atoms with van der Waals surface area (Å²) in [4.78, 5) is 11.1. The highest BCUT2D eigenvalue weighted by atomic mass is 35.5. The number of aryl methyl sites for hydroxylation is 1. The Morgan fingerprint density at radius 2 is 2.00 bits per heavy atom. The maximum Gasteiger partial charge on any atom is 0.153 e. The maximum atomic E-state index is 11.1. The van der Waals surface area contributed by atoms with E-state index in [2.05, 4.69) is 0 Å². The smallest absolute Gasteiger partial charge is 0.153 e. The Kier molecular flexibility index (Phi) is 4.64. The minimum absolute atomic E-state index is 0.312. The first-order valence-corrected chi connectivity index (χ1v) is 6.53. The SMILES string of the molecule is COc1ccc(OCc2ccc(C)cc2Cl)c(C=O)c1. The molecule has 0 N–H and O–H groups in total. The van der Waals surface area contributed by atoms with Crippen molar-refractivity contribution in [2.24, 2.45) is 0 Å². The van der Waals surface area contributed by atoms with Crippen molar-refractivity contribution in [2.45, 2.75) is 13.5 Å². The summed E-state index contributed by atoms with van der Waals surface area (Å²) in [6.45, 7) is 2.29. The average molecular weight is 291 g/mol. The Hall–Kier alpha value is -2.00. The van der Waals surface area contributed by atoms with Crippen molar-refractivity contribution in [2.75, 3.05) is 7.11 Å². The van der Waals surface area contributed by atoms with Gasteiger partial charge in [0.25, 0.3) is 0 Å². The number of rotatable bonds is 5. The van der Waals surface area contributed by atoms with E-state index >= 15 is 0 Å². The van der Waals surface area contributed by atoms with Crippen LogP contribution >= 0.6 is 11.6 Å². The normalized spacial score (nSPS) is 10.2. The number of halogens is 1. The first kappa shape index (κ1) is 14.4. The van der Waals surface area contributed by atoms with E-state index in [9.17, 15) is 4.79 Å². The molecule has 0 atom stereocenters. The molecule has 0 aliphatic rings. The van der Waals surface area contributed by atoms with Crippen LogP contribution in [0, 0.1) is 6.92 Å². The van der Waals surface area contributed by atoms with E-state index in [4.69, 9.17) is 21.1 Å². The Morgan fingerprint density at radius 1 is 1.20 bits per heavy atom. The third-order valence-corrected chi connectivity index (χ3v) is 3.29. The molecule has 0 bridgehead atoms. The van der Waals surface area contributed by atoms with Crippen molar-refractivity contribution in [1.82, 2.24) is 0 Å². The van der Waals surface area contributed by atoms with Gasteiger partial charge in [-0.2, -0.15) is 0 Å². The van der Waals surface area contributed by atoms with Crippen molar-refractivity contribution in [3.05, 3.63) is 58.1 Å². The van der Waals surface area contributed by atoms with E-state index in [0.717, 1.165) is 17.4 Å². The number of hydrogen-bond donors (Lipinski definition) is 0.